The molecule has 0 aromatic heterocycles. The number of methoxy groups -OCH3 is 3. The van der Waals surface area contributed by atoms with Crippen molar-refractivity contribution in [3.8, 4) is 17.2 Å². The predicted octanol–water partition coefficient (Wildman–Crippen LogP) is 3.76. The zero-order valence-corrected chi connectivity index (χ0v) is 15.1. The summed E-state index contributed by atoms with van der Waals surface area (Å²) < 4.78 is 15.8. The third-order valence-electron chi connectivity index (χ3n) is 3.62. The highest BCUT2D eigenvalue weighted by Crippen LogP contribution is 2.29. The maximum Gasteiger partial charge on any atom is 0.171 e. The Kier molecular flexibility index (Phi) is 6.26. The lowest BCUT2D eigenvalue weighted by atomic mass is 10.1. The molecule has 0 saturated heterocycles. The van der Waals surface area contributed by atoms with Gasteiger partial charge in [0.05, 0.1) is 33.1 Å². The first kappa shape index (κ1) is 17.9. The van der Waals surface area contributed by atoms with Crippen molar-refractivity contribution in [1.29, 1.82) is 0 Å². The Bertz CT molecular complexity index is 689. The van der Waals surface area contributed by atoms with Crippen molar-refractivity contribution < 1.29 is 14.2 Å². The number of thiocarbonyl (C=S) groups is 1. The predicted molar refractivity (Wildman–Crippen MR) is 100 cm³/mol. The van der Waals surface area contributed by atoms with E-state index >= 15 is 0 Å². The van der Waals surface area contributed by atoms with Crippen LogP contribution in [0, 0.1) is 0 Å². The average Bonchev–Trinajstić information content (AvgIpc) is 2.61. The van der Waals surface area contributed by atoms with Crippen molar-refractivity contribution in [2.45, 2.75) is 13.0 Å². The summed E-state index contributed by atoms with van der Waals surface area (Å²) in [6.07, 6.45) is 0. The van der Waals surface area contributed by atoms with Gasteiger partial charge < -0.3 is 24.8 Å². The molecule has 6 heteroatoms. The molecular weight excluding hydrogens is 324 g/mol. The minimum absolute atomic E-state index is 0.0486. The largest absolute Gasteiger partial charge is 0.497 e. The molecule has 5 nitrogen and oxygen atoms in total. The summed E-state index contributed by atoms with van der Waals surface area (Å²) in [5.74, 6) is 2.24. The van der Waals surface area contributed by atoms with Gasteiger partial charge in [-0.3, -0.25) is 0 Å². The van der Waals surface area contributed by atoms with E-state index in [9.17, 15) is 0 Å². The first-order valence-electron chi connectivity index (χ1n) is 7.51. The highest BCUT2D eigenvalue weighted by Gasteiger charge is 2.10. The van der Waals surface area contributed by atoms with Gasteiger partial charge in [-0.05, 0) is 49.0 Å². The molecule has 0 aliphatic carbocycles. The lowest BCUT2D eigenvalue weighted by Gasteiger charge is -2.19. The fourth-order valence-electron chi connectivity index (χ4n) is 2.24. The number of rotatable bonds is 6. The topological polar surface area (TPSA) is 51.8 Å². The Balaban J connectivity index is 2.04. The zero-order chi connectivity index (χ0) is 17.5. The van der Waals surface area contributed by atoms with Crippen LogP contribution in [0.25, 0.3) is 0 Å². The minimum Gasteiger partial charge on any atom is -0.497 e. The molecule has 2 N–H and O–H groups in total. The number of hydrogen-bond donors (Lipinski definition) is 2. The summed E-state index contributed by atoms with van der Waals surface area (Å²) in [6, 6.07) is 13.4. The molecule has 1 unspecified atom stereocenters. The SMILES string of the molecule is COc1ccc(C(C)NC(=S)Nc2cc(OC)ccc2OC)cc1. The summed E-state index contributed by atoms with van der Waals surface area (Å²) >= 11 is 5.40. The van der Waals surface area contributed by atoms with Crippen LogP contribution in [0.2, 0.25) is 0 Å². The maximum absolute atomic E-state index is 5.40. The fraction of sp³-hybridized carbons (Fsp3) is 0.278. The minimum atomic E-state index is 0.0486. The van der Waals surface area contributed by atoms with Crippen LogP contribution in [-0.4, -0.2) is 26.4 Å². The van der Waals surface area contributed by atoms with Crippen LogP contribution in [0.15, 0.2) is 42.5 Å². The highest BCUT2D eigenvalue weighted by atomic mass is 32.1. The lowest BCUT2D eigenvalue weighted by Crippen LogP contribution is -2.31. The Labute approximate surface area is 147 Å². The molecule has 0 fully saturated rings. The van der Waals surface area contributed by atoms with Crippen LogP contribution in [0.4, 0.5) is 5.69 Å². The number of benzene rings is 2. The normalized spacial score (nSPS) is 11.3. The van der Waals surface area contributed by atoms with Gasteiger partial charge in [0.2, 0.25) is 0 Å². The standard InChI is InChI=1S/C18H22N2O3S/c1-12(13-5-7-14(21-2)8-6-13)19-18(24)20-16-11-15(22-3)9-10-17(16)23-4/h5-12H,1-4H3,(H2,19,20,24). The molecule has 0 heterocycles. The maximum atomic E-state index is 5.40. The first-order valence-corrected chi connectivity index (χ1v) is 7.91. The molecule has 2 aromatic rings. The van der Waals surface area contributed by atoms with E-state index < -0.39 is 0 Å². The van der Waals surface area contributed by atoms with E-state index in [0.29, 0.717) is 10.9 Å². The van der Waals surface area contributed by atoms with Crippen LogP contribution in [0.5, 0.6) is 17.2 Å². The number of anilines is 1. The van der Waals surface area contributed by atoms with Crippen LogP contribution >= 0.6 is 12.2 Å². The van der Waals surface area contributed by atoms with Gasteiger partial charge in [0.25, 0.3) is 0 Å². The summed E-state index contributed by atoms with van der Waals surface area (Å²) in [5, 5.41) is 6.91. The number of hydrogen-bond acceptors (Lipinski definition) is 4. The third kappa shape index (κ3) is 4.52. The van der Waals surface area contributed by atoms with Crippen molar-refractivity contribution in [2.24, 2.45) is 0 Å². The average molecular weight is 346 g/mol. The number of ether oxygens (including phenoxy) is 3. The zero-order valence-electron chi connectivity index (χ0n) is 14.3. The van der Waals surface area contributed by atoms with E-state index in [2.05, 4.69) is 10.6 Å². The van der Waals surface area contributed by atoms with E-state index in [-0.39, 0.29) is 6.04 Å². The molecule has 128 valence electrons. The van der Waals surface area contributed by atoms with Gasteiger partial charge in [-0.25, -0.2) is 0 Å². The van der Waals surface area contributed by atoms with Crippen molar-refractivity contribution in [2.75, 3.05) is 26.6 Å². The number of nitrogens with one attached hydrogen (secondary N) is 2. The molecule has 24 heavy (non-hydrogen) atoms. The van der Waals surface area contributed by atoms with Crippen molar-refractivity contribution in [3.63, 3.8) is 0 Å². The second-order valence-electron chi connectivity index (χ2n) is 5.16. The molecule has 0 aliphatic heterocycles. The molecule has 0 bridgehead atoms. The second-order valence-corrected chi connectivity index (χ2v) is 5.57. The van der Waals surface area contributed by atoms with E-state index in [0.717, 1.165) is 22.7 Å². The van der Waals surface area contributed by atoms with E-state index in [1.54, 1.807) is 21.3 Å². The van der Waals surface area contributed by atoms with Crippen LogP contribution in [0.3, 0.4) is 0 Å². The van der Waals surface area contributed by atoms with Gasteiger partial charge in [-0.15, -0.1) is 0 Å². The lowest BCUT2D eigenvalue weighted by molar-refractivity contribution is 0.405. The van der Waals surface area contributed by atoms with Crippen LogP contribution < -0.4 is 24.8 Å². The Morgan fingerprint density at radius 1 is 0.917 bits per heavy atom. The van der Waals surface area contributed by atoms with Crippen molar-refractivity contribution in [1.82, 2.24) is 5.32 Å². The smallest absolute Gasteiger partial charge is 0.171 e. The van der Waals surface area contributed by atoms with Crippen LogP contribution in [0.1, 0.15) is 18.5 Å². The highest BCUT2D eigenvalue weighted by molar-refractivity contribution is 7.80. The van der Waals surface area contributed by atoms with E-state index in [1.165, 1.54) is 0 Å². The monoisotopic (exact) mass is 346 g/mol. The Morgan fingerprint density at radius 2 is 1.54 bits per heavy atom. The van der Waals surface area contributed by atoms with E-state index in [1.807, 2.05) is 49.4 Å². The van der Waals surface area contributed by atoms with Crippen molar-refractivity contribution in [3.05, 3.63) is 48.0 Å². The molecule has 0 saturated carbocycles. The Hall–Kier alpha value is -2.47. The summed E-state index contributed by atoms with van der Waals surface area (Å²) in [5.41, 5.74) is 1.86. The van der Waals surface area contributed by atoms with Gasteiger partial charge in [0.15, 0.2) is 5.11 Å². The first-order chi connectivity index (χ1) is 11.6. The molecule has 2 aromatic carbocycles. The molecule has 2 rings (SSSR count). The van der Waals surface area contributed by atoms with E-state index in [4.69, 9.17) is 26.4 Å². The third-order valence-corrected chi connectivity index (χ3v) is 3.84. The second kappa shape index (κ2) is 8.40. The van der Waals surface area contributed by atoms with Gasteiger partial charge in [0.1, 0.15) is 17.2 Å². The Morgan fingerprint density at radius 3 is 2.12 bits per heavy atom. The van der Waals surface area contributed by atoms with Gasteiger partial charge in [-0.1, -0.05) is 12.1 Å². The fourth-order valence-corrected chi connectivity index (χ4v) is 2.53. The molecule has 1 atom stereocenters. The van der Waals surface area contributed by atoms with Crippen molar-refractivity contribution >= 4 is 23.0 Å². The van der Waals surface area contributed by atoms with Gasteiger partial charge in [-0.2, -0.15) is 0 Å². The molecular formula is C18H22N2O3S. The summed E-state index contributed by atoms with van der Waals surface area (Å²) in [4.78, 5) is 0. The van der Waals surface area contributed by atoms with Gasteiger partial charge >= 0.3 is 0 Å². The molecule has 0 radical (unpaired) electrons. The van der Waals surface area contributed by atoms with Crippen LogP contribution in [-0.2, 0) is 0 Å². The summed E-state index contributed by atoms with van der Waals surface area (Å²) in [6.45, 7) is 2.04. The van der Waals surface area contributed by atoms with Gasteiger partial charge in [0, 0.05) is 6.07 Å². The summed E-state index contributed by atoms with van der Waals surface area (Å²) in [7, 11) is 4.88. The quantitative estimate of drug-likeness (QED) is 0.777. The molecule has 0 aliphatic rings. The molecule has 0 amide bonds. The molecule has 0 spiro atoms.